The van der Waals surface area contributed by atoms with Crippen LogP contribution in [0.15, 0.2) is 47.6 Å². The van der Waals surface area contributed by atoms with Crippen molar-refractivity contribution in [1.29, 1.82) is 0 Å². The molecule has 0 bridgehead atoms. The first-order chi connectivity index (χ1) is 12.5. The zero-order chi connectivity index (χ0) is 20.2. The van der Waals surface area contributed by atoms with Gasteiger partial charge in [0.25, 0.3) is 0 Å². The predicted octanol–water partition coefficient (Wildman–Crippen LogP) is 4.68. The Balaban J connectivity index is 2.22. The smallest absolute Gasteiger partial charge is 0.244 e. The minimum absolute atomic E-state index is 0.164. The Morgan fingerprint density at radius 2 is 1.52 bits per heavy atom. The maximum Gasteiger partial charge on any atom is 0.244 e. The van der Waals surface area contributed by atoms with Crippen LogP contribution in [0.5, 0.6) is 5.75 Å². The SMILES string of the molecule is CC(C)(C)c1cc(C=NNC(=O)Cc2ccccc2)cc(C(C)(C)C)c1O. The van der Waals surface area contributed by atoms with Crippen LogP contribution >= 0.6 is 0 Å². The number of amides is 1. The van der Waals surface area contributed by atoms with Crippen molar-refractivity contribution in [2.75, 3.05) is 0 Å². The summed E-state index contributed by atoms with van der Waals surface area (Å²) in [6.07, 6.45) is 1.92. The van der Waals surface area contributed by atoms with E-state index >= 15 is 0 Å². The normalized spacial score (nSPS) is 12.4. The lowest BCUT2D eigenvalue weighted by atomic mass is 9.78. The van der Waals surface area contributed by atoms with Crippen LogP contribution in [0.1, 0.15) is 63.8 Å². The van der Waals surface area contributed by atoms with E-state index in [2.05, 4.69) is 52.1 Å². The van der Waals surface area contributed by atoms with Crippen LogP contribution in [0.2, 0.25) is 0 Å². The molecule has 0 saturated heterocycles. The third-order valence-corrected chi connectivity index (χ3v) is 4.36. The number of phenolic OH excluding ortho intramolecular Hbond substituents is 1. The van der Waals surface area contributed by atoms with E-state index in [1.807, 2.05) is 42.5 Å². The van der Waals surface area contributed by atoms with Gasteiger partial charge in [0.2, 0.25) is 5.91 Å². The first kappa shape index (κ1) is 20.7. The van der Waals surface area contributed by atoms with Crippen LogP contribution in [-0.2, 0) is 22.0 Å². The number of phenols is 1. The quantitative estimate of drug-likeness (QED) is 0.610. The molecule has 0 heterocycles. The van der Waals surface area contributed by atoms with Crippen molar-refractivity contribution in [3.05, 3.63) is 64.7 Å². The molecule has 0 unspecified atom stereocenters. The van der Waals surface area contributed by atoms with Gasteiger partial charge in [0.05, 0.1) is 12.6 Å². The number of carbonyl (C=O) groups excluding carboxylic acids is 1. The second-order valence-corrected chi connectivity index (χ2v) is 8.92. The first-order valence-corrected chi connectivity index (χ1v) is 9.22. The monoisotopic (exact) mass is 366 g/mol. The average molecular weight is 367 g/mol. The standard InChI is InChI=1S/C23H30N2O2/c1-22(2,3)18-12-17(13-19(21(18)27)23(4,5)6)15-24-25-20(26)14-16-10-8-7-9-11-16/h7-13,15,27H,14H2,1-6H3,(H,25,26). The van der Waals surface area contributed by atoms with Gasteiger partial charge >= 0.3 is 0 Å². The summed E-state index contributed by atoms with van der Waals surface area (Å²) in [5.41, 5.74) is 5.70. The molecule has 1 amide bonds. The zero-order valence-electron chi connectivity index (χ0n) is 17.1. The Morgan fingerprint density at radius 1 is 1.00 bits per heavy atom. The highest BCUT2D eigenvalue weighted by Gasteiger charge is 2.26. The molecule has 0 aromatic heterocycles. The minimum atomic E-state index is -0.204. The van der Waals surface area contributed by atoms with Crippen molar-refractivity contribution in [3.8, 4) is 5.75 Å². The van der Waals surface area contributed by atoms with Crippen LogP contribution < -0.4 is 5.43 Å². The van der Waals surface area contributed by atoms with Gasteiger partial charge in [0.15, 0.2) is 0 Å². The number of carbonyl (C=O) groups is 1. The Kier molecular flexibility index (Phi) is 6.09. The molecular weight excluding hydrogens is 336 g/mol. The second kappa shape index (κ2) is 7.95. The Morgan fingerprint density at radius 3 is 2.00 bits per heavy atom. The van der Waals surface area contributed by atoms with Crippen molar-refractivity contribution in [2.45, 2.75) is 58.8 Å². The largest absolute Gasteiger partial charge is 0.507 e. The highest BCUT2D eigenvalue weighted by molar-refractivity contribution is 5.84. The summed E-state index contributed by atoms with van der Waals surface area (Å²) in [6, 6.07) is 13.4. The maximum atomic E-state index is 12.0. The summed E-state index contributed by atoms with van der Waals surface area (Å²) in [7, 11) is 0. The highest BCUT2D eigenvalue weighted by Crippen LogP contribution is 2.39. The van der Waals surface area contributed by atoms with Crippen LogP contribution in [-0.4, -0.2) is 17.2 Å². The van der Waals surface area contributed by atoms with E-state index in [9.17, 15) is 9.90 Å². The summed E-state index contributed by atoms with van der Waals surface area (Å²) in [4.78, 5) is 12.0. The van der Waals surface area contributed by atoms with Crippen LogP contribution in [0.25, 0.3) is 0 Å². The molecule has 2 aromatic carbocycles. The zero-order valence-corrected chi connectivity index (χ0v) is 17.1. The van der Waals surface area contributed by atoms with Gasteiger partial charge in [-0.1, -0.05) is 71.9 Å². The van der Waals surface area contributed by atoms with Crippen molar-refractivity contribution in [3.63, 3.8) is 0 Å². The average Bonchev–Trinajstić information content (AvgIpc) is 2.55. The molecule has 4 heteroatoms. The third kappa shape index (κ3) is 5.68. The summed E-state index contributed by atoms with van der Waals surface area (Å²) in [6.45, 7) is 12.4. The molecule has 0 spiro atoms. The lowest BCUT2D eigenvalue weighted by Crippen LogP contribution is -2.20. The summed E-state index contributed by atoms with van der Waals surface area (Å²) >= 11 is 0. The maximum absolute atomic E-state index is 12.0. The van der Waals surface area contributed by atoms with Gasteiger partial charge in [-0.25, -0.2) is 5.43 Å². The predicted molar refractivity (Wildman–Crippen MR) is 111 cm³/mol. The number of hydrogen-bond acceptors (Lipinski definition) is 3. The fraction of sp³-hybridized carbons (Fsp3) is 0.391. The number of hydrazone groups is 1. The van der Waals surface area contributed by atoms with Gasteiger partial charge in [0, 0.05) is 11.1 Å². The fourth-order valence-electron chi connectivity index (χ4n) is 2.87. The van der Waals surface area contributed by atoms with Crippen molar-refractivity contribution in [2.24, 2.45) is 5.10 Å². The second-order valence-electron chi connectivity index (χ2n) is 8.92. The van der Waals surface area contributed by atoms with Gasteiger partial charge in [0.1, 0.15) is 5.75 Å². The Bertz CT molecular complexity index is 791. The fourth-order valence-corrected chi connectivity index (χ4v) is 2.87. The molecule has 2 rings (SSSR count). The molecule has 0 saturated carbocycles. The number of nitrogens with zero attached hydrogens (tertiary/aromatic N) is 1. The summed E-state index contributed by atoms with van der Waals surface area (Å²) < 4.78 is 0. The lowest BCUT2D eigenvalue weighted by molar-refractivity contribution is -0.120. The molecule has 2 N–H and O–H groups in total. The van der Waals surface area contributed by atoms with E-state index in [4.69, 9.17) is 0 Å². The highest BCUT2D eigenvalue weighted by atomic mass is 16.3. The van der Waals surface area contributed by atoms with Gasteiger partial charge < -0.3 is 5.11 Å². The molecule has 0 aliphatic rings. The number of hydrogen-bond donors (Lipinski definition) is 2. The van der Waals surface area contributed by atoms with E-state index in [0.717, 1.165) is 22.3 Å². The molecular formula is C23H30N2O2. The van der Waals surface area contributed by atoms with E-state index in [-0.39, 0.29) is 23.2 Å². The van der Waals surface area contributed by atoms with Gasteiger partial charge in [-0.05, 0) is 34.1 Å². The van der Waals surface area contributed by atoms with Crippen LogP contribution in [0.3, 0.4) is 0 Å². The van der Waals surface area contributed by atoms with Crippen molar-refractivity contribution in [1.82, 2.24) is 5.43 Å². The first-order valence-electron chi connectivity index (χ1n) is 9.22. The molecule has 2 aromatic rings. The Hall–Kier alpha value is -2.62. The van der Waals surface area contributed by atoms with Crippen LogP contribution in [0, 0.1) is 0 Å². The van der Waals surface area contributed by atoms with E-state index in [1.54, 1.807) is 6.21 Å². The number of benzene rings is 2. The summed E-state index contributed by atoms with van der Waals surface area (Å²) in [5.74, 6) is 0.170. The lowest BCUT2D eigenvalue weighted by Gasteiger charge is -2.27. The molecule has 0 aliphatic heterocycles. The molecule has 0 aliphatic carbocycles. The Labute approximate surface area is 162 Å². The minimum Gasteiger partial charge on any atom is -0.507 e. The van der Waals surface area contributed by atoms with E-state index in [1.165, 1.54) is 0 Å². The van der Waals surface area contributed by atoms with Crippen molar-refractivity contribution >= 4 is 12.1 Å². The number of nitrogens with one attached hydrogen (secondary N) is 1. The molecule has 0 radical (unpaired) electrons. The molecule has 144 valence electrons. The third-order valence-electron chi connectivity index (χ3n) is 4.36. The molecule has 4 nitrogen and oxygen atoms in total. The van der Waals surface area contributed by atoms with E-state index in [0.29, 0.717) is 5.75 Å². The van der Waals surface area contributed by atoms with Crippen LogP contribution in [0.4, 0.5) is 0 Å². The molecule has 0 fully saturated rings. The van der Waals surface area contributed by atoms with Gasteiger partial charge in [-0.15, -0.1) is 0 Å². The topological polar surface area (TPSA) is 61.7 Å². The molecule has 27 heavy (non-hydrogen) atoms. The summed E-state index contributed by atoms with van der Waals surface area (Å²) in [5, 5.41) is 14.9. The van der Waals surface area contributed by atoms with E-state index < -0.39 is 0 Å². The number of rotatable bonds is 4. The van der Waals surface area contributed by atoms with Crippen molar-refractivity contribution < 1.29 is 9.90 Å². The van der Waals surface area contributed by atoms with Gasteiger partial charge in [-0.2, -0.15) is 5.10 Å². The molecule has 0 atom stereocenters. The van der Waals surface area contributed by atoms with Gasteiger partial charge in [-0.3, -0.25) is 4.79 Å². The number of aromatic hydroxyl groups is 1.